The molecule has 4 heteroatoms. The van der Waals surface area contributed by atoms with Crippen LogP contribution in [-0.4, -0.2) is 0 Å². The third-order valence-corrected chi connectivity index (χ3v) is 6.46. The quantitative estimate of drug-likeness (QED) is 0.211. The highest BCUT2D eigenvalue weighted by Crippen LogP contribution is 2.39. The van der Waals surface area contributed by atoms with Crippen molar-refractivity contribution < 1.29 is 0 Å². The zero-order chi connectivity index (χ0) is 22.7. The Bertz CT molecular complexity index is 729. The second-order valence-electron chi connectivity index (χ2n) is 8.76. The summed E-state index contributed by atoms with van der Waals surface area (Å²) in [5.74, 6) is 0.113. The van der Waals surface area contributed by atoms with Crippen molar-refractivity contribution in [3.8, 4) is 24.3 Å². The molecule has 0 radical (unpaired) electrons. The Morgan fingerprint density at radius 2 is 1.10 bits per heavy atom. The van der Waals surface area contributed by atoms with Gasteiger partial charge in [0, 0.05) is 0 Å². The van der Waals surface area contributed by atoms with Crippen molar-refractivity contribution in [1.82, 2.24) is 0 Å². The largest absolute Gasteiger partial charge is 0.192 e. The molecule has 0 aromatic carbocycles. The van der Waals surface area contributed by atoms with Crippen molar-refractivity contribution in [2.45, 2.75) is 116 Å². The lowest BCUT2D eigenvalue weighted by Gasteiger charge is -2.27. The van der Waals surface area contributed by atoms with Crippen molar-refractivity contribution >= 4 is 0 Å². The van der Waals surface area contributed by atoms with E-state index in [4.69, 9.17) is 0 Å². The number of allylic oxidation sites excluding steroid dienone is 4. The summed E-state index contributed by atoms with van der Waals surface area (Å²) in [6.07, 6.45) is 19.8. The summed E-state index contributed by atoms with van der Waals surface area (Å²) in [6, 6.07) is 8.10. The van der Waals surface area contributed by atoms with Gasteiger partial charge in [0.2, 0.25) is 0 Å². The fourth-order valence-electron chi connectivity index (χ4n) is 4.61. The van der Waals surface area contributed by atoms with Crippen molar-refractivity contribution in [3.05, 3.63) is 22.3 Å². The van der Waals surface area contributed by atoms with Gasteiger partial charge in [0.05, 0.1) is 0 Å². The molecule has 1 fully saturated rings. The Morgan fingerprint density at radius 3 is 1.55 bits per heavy atom. The van der Waals surface area contributed by atoms with E-state index in [0.29, 0.717) is 19.3 Å². The van der Waals surface area contributed by atoms with Gasteiger partial charge < -0.3 is 0 Å². The monoisotopic (exact) mass is 418 g/mol. The van der Waals surface area contributed by atoms with Crippen LogP contribution in [0.2, 0.25) is 0 Å². The number of hydrogen-bond acceptors (Lipinski definition) is 4. The molecule has 1 aliphatic rings. The Labute approximate surface area is 189 Å². The summed E-state index contributed by atoms with van der Waals surface area (Å²) in [5.41, 5.74) is 2.27. The molecule has 1 saturated carbocycles. The first kappa shape index (κ1) is 26.5. The average Bonchev–Trinajstić information content (AvgIpc) is 2.79. The van der Waals surface area contributed by atoms with Gasteiger partial charge in [-0.1, -0.05) is 90.4 Å². The summed E-state index contributed by atoms with van der Waals surface area (Å²) >= 11 is 0. The van der Waals surface area contributed by atoms with Crippen LogP contribution in [0.1, 0.15) is 116 Å². The molecule has 0 bridgehead atoms. The Balaban J connectivity index is 2.34. The van der Waals surface area contributed by atoms with E-state index in [2.05, 4.69) is 6.92 Å². The lowest BCUT2D eigenvalue weighted by atomic mass is 9.75. The topological polar surface area (TPSA) is 95.2 Å². The Kier molecular flexibility index (Phi) is 14.7. The number of unbranched alkanes of at least 4 members (excludes halogenated alkanes) is 12. The third kappa shape index (κ3) is 10.3. The van der Waals surface area contributed by atoms with Gasteiger partial charge in [-0.3, -0.25) is 0 Å². The summed E-state index contributed by atoms with van der Waals surface area (Å²) in [5, 5.41) is 37.0. The lowest BCUT2D eigenvalue weighted by molar-refractivity contribution is 0.456. The van der Waals surface area contributed by atoms with Gasteiger partial charge >= 0.3 is 0 Å². The second-order valence-corrected chi connectivity index (χ2v) is 8.76. The molecule has 1 rings (SSSR count). The van der Waals surface area contributed by atoms with Crippen LogP contribution in [0.15, 0.2) is 22.3 Å². The van der Waals surface area contributed by atoms with Crippen LogP contribution in [0.4, 0.5) is 0 Å². The molecule has 0 amide bonds. The minimum Gasteiger partial charge on any atom is -0.192 e. The number of nitrogens with zero attached hydrogens (tertiary/aromatic N) is 4. The van der Waals surface area contributed by atoms with Crippen LogP contribution in [0.5, 0.6) is 0 Å². The highest BCUT2D eigenvalue weighted by molar-refractivity contribution is 5.46. The standard InChI is InChI=1S/C27H38N4/c1-2-3-4-5-6-7-8-9-10-11-12-13-14-15-24-18-23(25(19-28)20-29)16-17-27(24)26(21-30)22-31/h24H,2-18H2,1H3. The summed E-state index contributed by atoms with van der Waals surface area (Å²) in [4.78, 5) is 0. The predicted molar refractivity (Wildman–Crippen MR) is 124 cm³/mol. The third-order valence-electron chi connectivity index (χ3n) is 6.46. The molecule has 0 spiro atoms. The molecule has 0 heterocycles. The maximum Gasteiger partial charge on any atom is 0.129 e. The van der Waals surface area contributed by atoms with Crippen LogP contribution in [0.25, 0.3) is 0 Å². The molecule has 0 aromatic heterocycles. The van der Waals surface area contributed by atoms with Crippen molar-refractivity contribution in [3.63, 3.8) is 0 Å². The first-order valence-electron chi connectivity index (χ1n) is 12.3. The normalized spacial score (nSPS) is 15.5. The molecule has 166 valence electrons. The minimum absolute atomic E-state index is 0.113. The van der Waals surface area contributed by atoms with Crippen LogP contribution in [0.3, 0.4) is 0 Å². The summed E-state index contributed by atoms with van der Waals surface area (Å²) in [6.45, 7) is 2.26. The smallest absolute Gasteiger partial charge is 0.129 e. The van der Waals surface area contributed by atoms with E-state index < -0.39 is 0 Å². The molecule has 4 nitrogen and oxygen atoms in total. The van der Waals surface area contributed by atoms with Gasteiger partial charge in [0.25, 0.3) is 0 Å². The minimum atomic E-state index is 0.113. The Hall–Kier alpha value is -2.56. The van der Waals surface area contributed by atoms with Gasteiger partial charge in [-0.2, -0.15) is 21.0 Å². The van der Waals surface area contributed by atoms with E-state index in [1.54, 1.807) is 0 Å². The lowest BCUT2D eigenvalue weighted by Crippen LogP contribution is -2.15. The number of rotatable bonds is 14. The van der Waals surface area contributed by atoms with Crippen LogP contribution < -0.4 is 0 Å². The molecular formula is C27H38N4. The van der Waals surface area contributed by atoms with Gasteiger partial charge in [-0.25, -0.2) is 0 Å². The van der Waals surface area contributed by atoms with Crippen LogP contribution in [0, 0.1) is 51.2 Å². The SMILES string of the molecule is CCCCCCCCCCCCCCCC1CC(=C(C#N)C#N)CCC1=C(C#N)C#N. The van der Waals surface area contributed by atoms with E-state index in [-0.39, 0.29) is 17.1 Å². The molecule has 0 N–H and O–H groups in total. The zero-order valence-electron chi connectivity index (χ0n) is 19.4. The van der Waals surface area contributed by atoms with Gasteiger partial charge in [-0.05, 0) is 42.7 Å². The van der Waals surface area contributed by atoms with E-state index in [0.717, 1.165) is 30.4 Å². The van der Waals surface area contributed by atoms with Crippen molar-refractivity contribution in [1.29, 1.82) is 21.0 Å². The van der Waals surface area contributed by atoms with Gasteiger partial charge in [-0.15, -0.1) is 0 Å². The zero-order valence-corrected chi connectivity index (χ0v) is 19.4. The molecule has 0 aliphatic heterocycles. The number of hydrogen-bond donors (Lipinski definition) is 0. The van der Waals surface area contributed by atoms with Crippen LogP contribution >= 0.6 is 0 Å². The second kappa shape index (κ2) is 17.2. The van der Waals surface area contributed by atoms with E-state index in [1.807, 2.05) is 24.3 Å². The molecular weight excluding hydrogens is 380 g/mol. The van der Waals surface area contributed by atoms with Gasteiger partial charge in [0.15, 0.2) is 0 Å². The highest BCUT2D eigenvalue weighted by Gasteiger charge is 2.26. The van der Waals surface area contributed by atoms with Gasteiger partial charge in [0.1, 0.15) is 35.4 Å². The van der Waals surface area contributed by atoms with Crippen molar-refractivity contribution in [2.75, 3.05) is 0 Å². The average molecular weight is 419 g/mol. The Morgan fingerprint density at radius 1 is 0.645 bits per heavy atom. The summed E-state index contributed by atoms with van der Waals surface area (Å²) in [7, 11) is 0. The molecule has 1 aliphatic carbocycles. The molecule has 1 atom stereocenters. The molecule has 1 unspecified atom stereocenters. The van der Waals surface area contributed by atoms with E-state index in [9.17, 15) is 21.0 Å². The first-order valence-corrected chi connectivity index (χ1v) is 12.3. The summed E-state index contributed by atoms with van der Waals surface area (Å²) < 4.78 is 0. The first-order chi connectivity index (χ1) is 15.2. The van der Waals surface area contributed by atoms with E-state index in [1.165, 1.54) is 70.6 Å². The fraction of sp³-hybridized carbons (Fsp3) is 0.704. The predicted octanol–water partition coefficient (Wildman–Crippen LogP) is 7.96. The van der Waals surface area contributed by atoms with E-state index >= 15 is 0 Å². The maximum atomic E-state index is 9.30. The van der Waals surface area contributed by atoms with Crippen LogP contribution in [-0.2, 0) is 0 Å². The molecule has 0 saturated heterocycles. The van der Waals surface area contributed by atoms with Crippen molar-refractivity contribution in [2.24, 2.45) is 5.92 Å². The molecule has 31 heavy (non-hydrogen) atoms. The molecule has 0 aromatic rings. The maximum absolute atomic E-state index is 9.30. The number of nitriles is 4. The fourth-order valence-corrected chi connectivity index (χ4v) is 4.61. The highest BCUT2D eigenvalue weighted by atomic mass is 14.4.